The van der Waals surface area contributed by atoms with E-state index < -0.39 is 17.6 Å². The maximum atomic E-state index is 13.4. The molecular formula is C12H10F2N2O2. The van der Waals surface area contributed by atoms with E-state index in [0.29, 0.717) is 5.69 Å². The lowest BCUT2D eigenvalue weighted by atomic mass is 10.2. The monoisotopic (exact) mass is 252 g/mol. The summed E-state index contributed by atoms with van der Waals surface area (Å²) in [7, 11) is 0. The van der Waals surface area contributed by atoms with Gasteiger partial charge in [-0.1, -0.05) is 6.07 Å². The number of nitrogens with zero attached hydrogens (tertiary/aromatic N) is 2. The zero-order valence-corrected chi connectivity index (χ0v) is 9.52. The Morgan fingerprint density at radius 2 is 2.00 bits per heavy atom. The Morgan fingerprint density at radius 1 is 1.39 bits per heavy atom. The summed E-state index contributed by atoms with van der Waals surface area (Å²) in [5.74, 6) is -2.63. The Labute approximate surface area is 101 Å². The van der Waals surface area contributed by atoms with E-state index in [1.807, 2.05) is 0 Å². The van der Waals surface area contributed by atoms with Crippen LogP contribution in [-0.4, -0.2) is 20.9 Å². The zero-order valence-electron chi connectivity index (χ0n) is 9.52. The van der Waals surface area contributed by atoms with E-state index in [0.717, 1.165) is 16.8 Å². The van der Waals surface area contributed by atoms with Gasteiger partial charge in [0, 0.05) is 5.56 Å². The molecule has 18 heavy (non-hydrogen) atoms. The third kappa shape index (κ3) is 2.22. The molecule has 6 heteroatoms. The van der Waals surface area contributed by atoms with Crippen molar-refractivity contribution in [2.24, 2.45) is 0 Å². The molecular weight excluding hydrogens is 242 g/mol. The molecule has 1 heterocycles. The predicted molar refractivity (Wildman–Crippen MR) is 59.4 cm³/mol. The lowest BCUT2D eigenvalue weighted by molar-refractivity contribution is 0.0683. The normalized spacial score (nSPS) is 10.6. The summed E-state index contributed by atoms with van der Waals surface area (Å²) in [6, 6.07) is 4.84. The first kappa shape index (κ1) is 12.2. The van der Waals surface area contributed by atoms with E-state index >= 15 is 0 Å². The van der Waals surface area contributed by atoms with Crippen molar-refractivity contribution in [1.29, 1.82) is 0 Å². The molecule has 0 fully saturated rings. The van der Waals surface area contributed by atoms with Gasteiger partial charge in [0.05, 0.1) is 12.2 Å². The van der Waals surface area contributed by atoms with Gasteiger partial charge >= 0.3 is 5.97 Å². The second-order valence-corrected chi connectivity index (χ2v) is 3.83. The maximum Gasteiger partial charge on any atom is 0.354 e. The number of rotatable bonds is 3. The van der Waals surface area contributed by atoms with Gasteiger partial charge in [0.25, 0.3) is 0 Å². The smallest absolute Gasteiger partial charge is 0.354 e. The number of carboxylic acids is 1. The molecule has 0 saturated carbocycles. The number of benzene rings is 1. The molecule has 0 saturated heterocycles. The van der Waals surface area contributed by atoms with Crippen LogP contribution in [0.3, 0.4) is 0 Å². The molecule has 0 spiro atoms. The van der Waals surface area contributed by atoms with Crippen molar-refractivity contribution in [1.82, 2.24) is 9.78 Å². The van der Waals surface area contributed by atoms with Gasteiger partial charge in [0.2, 0.25) is 0 Å². The minimum absolute atomic E-state index is 0.102. The van der Waals surface area contributed by atoms with Gasteiger partial charge in [-0.05, 0) is 25.1 Å². The van der Waals surface area contributed by atoms with E-state index in [1.165, 1.54) is 12.1 Å². The van der Waals surface area contributed by atoms with E-state index in [4.69, 9.17) is 5.11 Å². The Bertz CT molecular complexity index is 588. The van der Waals surface area contributed by atoms with Gasteiger partial charge in [0.15, 0.2) is 0 Å². The summed E-state index contributed by atoms with van der Waals surface area (Å²) in [4.78, 5) is 10.9. The molecule has 0 atom stereocenters. The van der Waals surface area contributed by atoms with E-state index in [-0.39, 0.29) is 17.8 Å². The number of carboxylic acid groups (broad SMARTS) is 1. The van der Waals surface area contributed by atoms with Crippen molar-refractivity contribution in [3.05, 3.63) is 52.9 Å². The second kappa shape index (κ2) is 4.56. The van der Waals surface area contributed by atoms with Crippen LogP contribution in [-0.2, 0) is 6.54 Å². The molecule has 4 nitrogen and oxygen atoms in total. The molecule has 94 valence electrons. The highest BCUT2D eigenvalue weighted by molar-refractivity contribution is 5.85. The predicted octanol–water partition coefficient (Wildman–Crippen LogP) is 2.22. The standard InChI is InChI=1S/C12H10F2N2O2/c1-7-5-11(12(17)18)16(15-7)6-8-9(13)3-2-4-10(8)14/h2-5H,6H2,1H3,(H,17,18). The molecule has 1 aromatic heterocycles. The average molecular weight is 252 g/mol. The lowest BCUT2D eigenvalue weighted by Gasteiger charge is -2.07. The third-order valence-electron chi connectivity index (χ3n) is 2.49. The van der Waals surface area contributed by atoms with Crippen LogP contribution in [0, 0.1) is 18.6 Å². The van der Waals surface area contributed by atoms with Gasteiger partial charge in [-0.3, -0.25) is 4.68 Å². The molecule has 2 aromatic rings. The number of aromatic nitrogens is 2. The number of halogens is 2. The fourth-order valence-electron chi connectivity index (χ4n) is 1.67. The minimum atomic E-state index is -1.19. The Balaban J connectivity index is 2.43. The van der Waals surface area contributed by atoms with Crippen molar-refractivity contribution in [3.63, 3.8) is 0 Å². The average Bonchev–Trinajstić information content (AvgIpc) is 2.65. The van der Waals surface area contributed by atoms with Crippen LogP contribution in [0.15, 0.2) is 24.3 Å². The van der Waals surface area contributed by atoms with E-state index in [9.17, 15) is 13.6 Å². The highest BCUT2D eigenvalue weighted by Crippen LogP contribution is 2.15. The van der Waals surface area contributed by atoms with Crippen LogP contribution in [0.5, 0.6) is 0 Å². The van der Waals surface area contributed by atoms with Crippen molar-refractivity contribution in [2.75, 3.05) is 0 Å². The molecule has 0 radical (unpaired) electrons. The van der Waals surface area contributed by atoms with Crippen molar-refractivity contribution in [2.45, 2.75) is 13.5 Å². The SMILES string of the molecule is Cc1cc(C(=O)O)n(Cc2c(F)cccc2F)n1. The summed E-state index contributed by atoms with van der Waals surface area (Å²) in [6.07, 6.45) is 0. The number of hydrogen-bond acceptors (Lipinski definition) is 2. The lowest BCUT2D eigenvalue weighted by Crippen LogP contribution is -2.13. The number of aryl methyl sites for hydroxylation is 1. The Morgan fingerprint density at radius 3 is 2.56 bits per heavy atom. The van der Waals surface area contributed by atoms with Gasteiger partial charge in [-0.15, -0.1) is 0 Å². The summed E-state index contributed by atoms with van der Waals surface area (Å²) in [5, 5.41) is 12.9. The third-order valence-corrected chi connectivity index (χ3v) is 2.49. The second-order valence-electron chi connectivity index (χ2n) is 3.83. The maximum absolute atomic E-state index is 13.4. The number of hydrogen-bond donors (Lipinski definition) is 1. The largest absolute Gasteiger partial charge is 0.477 e. The van der Waals surface area contributed by atoms with Crippen LogP contribution < -0.4 is 0 Å². The van der Waals surface area contributed by atoms with Gasteiger partial charge in [-0.25, -0.2) is 13.6 Å². The van der Waals surface area contributed by atoms with Crippen molar-refractivity contribution in [3.8, 4) is 0 Å². The molecule has 0 unspecified atom stereocenters. The molecule has 0 aliphatic carbocycles. The van der Waals surface area contributed by atoms with Gasteiger partial charge in [0.1, 0.15) is 17.3 Å². The molecule has 2 rings (SSSR count). The summed E-state index contributed by atoms with van der Waals surface area (Å²) in [5.41, 5.74) is 0.169. The minimum Gasteiger partial charge on any atom is -0.477 e. The van der Waals surface area contributed by atoms with Gasteiger partial charge < -0.3 is 5.11 Å². The van der Waals surface area contributed by atoms with Crippen LogP contribution in [0.1, 0.15) is 21.7 Å². The Hall–Kier alpha value is -2.24. The molecule has 1 N–H and O–H groups in total. The molecule has 0 aliphatic heterocycles. The fourth-order valence-corrected chi connectivity index (χ4v) is 1.67. The highest BCUT2D eigenvalue weighted by atomic mass is 19.1. The quantitative estimate of drug-likeness (QED) is 0.911. The van der Waals surface area contributed by atoms with Crippen LogP contribution in [0.25, 0.3) is 0 Å². The van der Waals surface area contributed by atoms with E-state index in [1.54, 1.807) is 6.92 Å². The first-order valence-corrected chi connectivity index (χ1v) is 5.19. The van der Waals surface area contributed by atoms with Crippen LogP contribution in [0.4, 0.5) is 8.78 Å². The topological polar surface area (TPSA) is 55.1 Å². The molecule has 0 aliphatic rings. The van der Waals surface area contributed by atoms with Crippen LogP contribution in [0.2, 0.25) is 0 Å². The molecule has 0 bridgehead atoms. The first-order chi connectivity index (χ1) is 8.49. The zero-order chi connectivity index (χ0) is 13.3. The van der Waals surface area contributed by atoms with Crippen LogP contribution >= 0.6 is 0 Å². The molecule has 0 amide bonds. The van der Waals surface area contributed by atoms with E-state index in [2.05, 4.69) is 5.10 Å². The van der Waals surface area contributed by atoms with Gasteiger partial charge in [-0.2, -0.15) is 5.10 Å². The molecule has 1 aromatic carbocycles. The summed E-state index contributed by atoms with van der Waals surface area (Å²) in [6.45, 7) is 1.36. The summed E-state index contributed by atoms with van der Waals surface area (Å²) < 4.78 is 28.0. The summed E-state index contributed by atoms with van der Waals surface area (Å²) >= 11 is 0. The fraction of sp³-hybridized carbons (Fsp3) is 0.167. The van der Waals surface area contributed by atoms with Crippen molar-refractivity contribution >= 4 is 5.97 Å². The number of carbonyl (C=O) groups is 1. The Kier molecular flexibility index (Phi) is 3.10. The first-order valence-electron chi connectivity index (χ1n) is 5.19. The number of aromatic carboxylic acids is 1. The van der Waals surface area contributed by atoms with Crippen molar-refractivity contribution < 1.29 is 18.7 Å². The highest BCUT2D eigenvalue weighted by Gasteiger charge is 2.16.